The predicted molar refractivity (Wildman–Crippen MR) is 117 cm³/mol. The molecule has 0 bridgehead atoms. The third-order valence-corrected chi connectivity index (χ3v) is 4.55. The van der Waals surface area contributed by atoms with Crippen LogP contribution in [-0.4, -0.2) is 50.4 Å². The van der Waals surface area contributed by atoms with Crippen LogP contribution in [0.2, 0.25) is 0 Å². The number of amides is 2. The van der Waals surface area contributed by atoms with Crippen molar-refractivity contribution in [3.05, 3.63) is 54.1 Å². The van der Waals surface area contributed by atoms with E-state index in [-0.39, 0.29) is 18.4 Å². The van der Waals surface area contributed by atoms with Gasteiger partial charge in [0.1, 0.15) is 0 Å². The van der Waals surface area contributed by atoms with Crippen LogP contribution in [0.4, 0.5) is 17.1 Å². The molecule has 1 fully saturated rings. The summed E-state index contributed by atoms with van der Waals surface area (Å²) in [6.07, 6.45) is 0. The maximum absolute atomic E-state index is 12.1. The minimum absolute atomic E-state index is 0.127. The summed E-state index contributed by atoms with van der Waals surface area (Å²) in [6, 6.07) is 14.9. The van der Waals surface area contributed by atoms with E-state index in [1.807, 2.05) is 36.4 Å². The van der Waals surface area contributed by atoms with Crippen LogP contribution in [0, 0.1) is 0 Å². The van der Waals surface area contributed by atoms with Gasteiger partial charge in [-0.05, 0) is 48.9 Å². The SMILES string of the molecule is CC(=O)Nc1ccc(/C(C)=N/OCC(=O)Nc2ccc(N3CCOCC3)cc2)cc1. The number of carbonyl (C=O) groups is 2. The van der Waals surface area contributed by atoms with Crippen molar-refractivity contribution < 1.29 is 19.2 Å². The number of hydrogen-bond acceptors (Lipinski definition) is 6. The van der Waals surface area contributed by atoms with Gasteiger partial charge in [-0.25, -0.2) is 0 Å². The van der Waals surface area contributed by atoms with Gasteiger partial charge in [0.2, 0.25) is 5.91 Å². The molecule has 30 heavy (non-hydrogen) atoms. The first-order valence-electron chi connectivity index (χ1n) is 9.78. The molecule has 0 unspecified atom stereocenters. The Labute approximate surface area is 175 Å². The molecule has 0 spiro atoms. The average Bonchev–Trinajstić information content (AvgIpc) is 2.75. The molecular formula is C22H26N4O4. The van der Waals surface area contributed by atoms with Crippen molar-refractivity contribution in [3.63, 3.8) is 0 Å². The number of anilines is 3. The smallest absolute Gasteiger partial charge is 0.265 e. The van der Waals surface area contributed by atoms with E-state index < -0.39 is 0 Å². The van der Waals surface area contributed by atoms with Crippen molar-refractivity contribution in [1.82, 2.24) is 0 Å². The molecular weight excluding hydrogens is 384 g/mol. The Hall–Kier alpha value is -3.39. The first-order valence-corrected chi connectivity index (χ1v) is 9.78. The summed E-state index contributed by atoms with van der Waals surface area (Å²) in [5, 5.41) is 9.49. The Balaban J connectivity index is 1.46. The van der Waals surface area contributed by atoms with E-state index in [1.54, 1.807) is 19.1 Å². The molecule has 2 aromatic carbocycles. The fourth-order valence-corrected chi connectivity index (χ4v) is 3.01. The van der Waals surface area contributed by atoms with Crippen LogP contribution in [0.1, 0.15) is 19.4 Å². The van der Waals surface area contributed by atoms with E-state index in [0.29, 0.717) is 17.1 Å². The van der Waals surface area contributed by atoms with Crippen molar-refractivity contribution in [1.29, 1.82) is 0 Å². The second-order valence-electron chi connectivity index (χ2n) is 6.90. The van der Waals surface area contributed by atoms with Gasteiger partial charge in [-0.1, -0.05) is 17.3 Å². The lowest BCUT2D eigenvalue weighted by atomic mass is 10.1. The summed E-state index contributed by atoms with van der Waals surface area (Å²) in [4.78, 5) is 30.6. The Morgan fingerprint density at radius 1 is 0.967 bits per heavy atom. The lowest BCUT2D eigenvalue weighted by Gasteiger charge is -2.28. The highest BCUT2D eigenvalue weighted by Crippen LogP contribution is 2.19. The lowest BCUT2D eigenvalue weighted by Crippen LogP contribution is -2.36. The molecule has 2 amide bonds. The molecule has 0 radical (unpaired) electrons. The molecule has 1 aliphatic heterocycles. The fraction of sp³-hybridized carbons (Fsp3) is 0.318. The number of nitrogens with one attached hydrogen (secondary N) is 2. The van der Waals surface area contributed by atoms with E-state index in [4.69, 9.17) is 9.57 Å². The Morgan fingerprint density at radius 3 is 2.20 bits per heavy atom. The van der Waals surface area contributed by atoms with Crippen LogP contribution in [0.25, 0.3) is 0 Å². The van der Waals surface area contributed by atoms with Crippen molar-refractivity contribution in [2.45, 2.75) is 13.8 Å². The van der Waals surface area contributed by atoms with Gasteiger partial charge < -0.3 is 25.1 Å². The minimum Gasteiger partial charge on any atom is -0.385 e. The second-order valence-corrected chi connectivity index (χ2v) is 6.90. The molecule has 2 N–H and O–H groups in total. The standard InChI is InChI=1S/C22H26N4O4/c1-16(18-3-5-19(6-4-18)23-17(2)27)25-30-15-22(28)24-20-7-9-21(10-8-20)26-11-13-29-14-12-26/h3-10H,11-15H2,1-2H3,(H,23,27)(H,24,28)/b25-16+. The van der Waals surface area contributed by atoms with Crippen LogP contribution < -0.4 is 15.5 Å². The quantitative estimate of drug-likeness (QED) is 0.541. The zero-order valence-electron chi connectivity index (χ0n) is 17.2. The highest BCUT2D eigenvalue weighted by atomic mass is 16.6. The third kappa shape index (κ3) is 6.31. The summed E-state index contributed by atoms with van der Waals surface area (Å²) in [7, 11) is 0. The number of oxime groups is 1. The first-order chi connectivity index (χ1) is 14.5. The molecule has 2 aromatic rings. The Bertz CT molecular complexity index is 888. The van der Waals surface area contributed by atoms with Gasteiger partial charge >= 0.3 is 0 Å². The summed E-state index contributed by atoms with van der Waals surface area (Å²) in [6.45, 7) is 6.25. The summed E-state index contributed by atoms with van der Waals surface area (Å²) < 4.78 is 5.36. The topological polar surface area (TPSA) is 92.3 Å². The van der Waals surface area contributed by atoms with Gasteiger partial charge in [-0.2, -0.15) is 0 Å². The van der Waals surface area contributed by atoms with Crippen LogP contribution in [0.15, 0.2) is 53.7 Å². The minimum atomic E-state index is -0.285. The molecule has 8 heteroatoms. The fourth-order valence-electron chi connectivity index (χ4n) is 3.01. The third-order valence-electron chi connectivity index (χ3n) is 4.55. The van der Waals surface area contributed by atoms with Gasteiger partial charge in [0, 0.05) is 37.1 Å². The van der Waals surface area contributed by atoms with Crippen LogP contribution in [0.3, 0.4) is 0 Å². The number of ether oxygens (including phenoxy) is 1. The van der Waals surface area contributed by atoms with E-state index in [1.165, 1.54) is 6.92 Å². The molecule has 1 heterocycles. The molecule has 158 valence electrons. The van der Waals surface area contributed by atoms with Crippen molar-refractivity contribution in [3.8, 4) is 0 Å². The van der Waals surface area contributed by atoms with E-state index in [0.717, 1.165) is 37.6 Å². The number of nitrogens with zero attached hydrogens (tertiary/aromatic N) is 2. The molecule has 0 saturated carbocycles. The monoisotopic (exact) mass is 410 g/mol. The van der Waals surface area contributed by atoms with Crippen LogP contribution >= 0.6 is 0 Å². The normalized spacial score (nSPS) is 14.2. The number of benzene rings is 2. The van der Waals surface area contributed by atoms with Crippen molar-refractivity contribution >= 4 is 34.6 Å². The molecule has 1 aliphatic rings. The first kappa shape index (κ1) is 21.3. The van der Waals surface area contributed by atoms with Crippen molar-refractivity contribution in [2.75, 3.05) is 48.4 Å². The Kier molecular flexibility index (Phi) is 7.40. The van der Waals surface area contributed by atoms with Gasteiger partial charge in [-0.3, -0.25) is 9.59 Å². The summed E-state index contributed by atoms with van der Waals surface area (Å²) in [5.74, 6) is -0.412. The highest BCUT2D eigenvalue weighted by molar-refractivity contribution is 5.99. The highest BCUT2D eigenvalue weighted by Gasteiger charge is 2.11. The molecule has 1 saturated heterocycles. The van der Waals surface area contributed by atoms with Gasteiger partial charge in [0.05, 0.1) is 18.9 Å². The number of carbonyl (C=O) groups excluding carboxylic acids is 2. The maximum atomic E-state index is 12.1. The van der Waals surface area contributed by atoms with Crippen LogP contribution in [0.5, 0.6) is 0 Å². The van der Waals surface area contributed by atoms with Crippen molar-refractivity contribution in [2.24, 2.45) is 5.16 Å². The molecule has 0 atom stereocenters. The predicted octanol–water partition coefficient (Wildman–Crippen LogP) is 2.86. The average molecular weight is 410 g/mol. The Morgan fingerprint density at radius 2 is 1.57 bits per heavy atom. The second kappa shape index (κ2) is 10.4. The van der Waals surface area contributed by atoms with Gasteiger partial charge in [0.25, 0.3) is 5.91 Å². The zero-order chi connectivity index (χ0) is 21.3. The number of rotatable bonds is 7. The largest absolute Gasteiger partial charge is 0.385 e. The van der Waals surface area contributed by atoms with E-state index >= 15 is 0 Å². The molecule has 8 nitrogen and oxygen atoms in total. The molecule has 3 rings (SSSR count). The molecule has 0 aliphatic carbocycles. The number of morpholine rings is 1. The van der Waals surface area contributed by atoms with E-state index in [2.05, 4.69) is 20.7 Å². The zero-order valence-corrected chi connectivity index (χ0v) is 17.2. The van der Waals surface area contributed by atoms with Gasteiger partial charge in [0.15, 0.2) is 6.61 Å². The van der Waals surface area contributed by atoms with Gasteiger partial charge in [-0.15, -0.1) is 0 Å². The molecule has 0 aromatic heterocycles. The lowest BCUT2D eigenvalue weighted by molar-refractivity contribution is -0.120. The van der Waals surface area contributed by atoms with Crippen LogP contribution in [-0.2, 0) is 19.2 Å². The maximum Gasteiger partial charge on any atom is 0.265 e. The summed E-state index contributed by atoms with van der Waals surface area (Å²) >= 11 is 0. The van der Waals surface area contributed by atoms with E-state index in [9.17, 15) is 9.59 Å². The summed E-state index contributed by atoms with van der Waals surface area (Å²) in [5.41, 5.74) is 3.99. The number of hydrogen-bond donors (Lipinski definition) is 2.